The van der Waals surface area contributed by atoms with Crippen LogP contribution in [0.5, 0.6) is 0 Å². The number of alkyl halides is 3. The maximum Gasteiger partial charge on any atom is 0.416 e. The van der Waals surface area contributed by atoms with Crippen molar-refractivity contribution in [1.29, 1.82) is 0 Å². The van der Waals surface area contributed by atoms with Crippen LogP contribution in [0.25, 0.3) is 0 Å². The molecule has 138 valence electrons. The van der Waals surface area contributed by atoms with E-state index < -0.39 is 17.3 Å². The smallest absolute Gasteiger partial charge is 0.380 e. The van der Waals surface area contributed by atoms with Gasteiger partial charge in [0.1, 0.15) is 5.60 Å². The molecule has 6 heteroatoms. The summed E-state index contributed by atoms with van der Waals surface area (Å²) in [6.07, 6.45) is -2.45. The third kappa shape index (κ3) is 3.08. The highest BCUT2D eigenvalue weighted by atomic mass is 19.4. The molecule has 2 aliphatic rings. The molecule has 2 heterocycles. The van der Waals surface area contributed by atoms with Crippen molar-refractivity contribution in [2.45, 2.75) is 30.7 Å². The summed E-state index contributed by atoms with van der Waals surface area (Å²) in [5, 5.41) is 10.5. The van der Waals surface area contributed by atoms with Gasteiger partial charge in [0.2, 0.25) is 0 Å². The number of hydrogen-bond donors (Lipinski definition) is 1. The fraction of sp³-hybridized carbons (Fsp3) is 0.400. The van der Waals surface area contributed by atoms with Crippen molar-refractivity contribution in [3.8, 4) is 0 Å². The lowest BCUT2D eigenvalue weighted by Gasteiger charge is -2.37. The molecule has 1 atom stereocenters. The van der Waals surface area contributed by atoms with E-state index in [1.54, 1.807) is 12.1 Å². The van der Waals surface area contributed by atoms with Gasteiger partial charge >= 0.3 is 6.18 Å². The molecule has 2 saturated heterocycles. The van der Waals surface area contributed by atoms with Crippen LogP contribution in [0.3, 0.4) is 0 Å². The Morgan fingerprint density at radius 3 is 2.42 bits per heavy atom. The lowest BCUT2D eigenvalue weighted by atomic mass is 9.91. The highest BCUT2D eigenvalue weighted by Gasteiger charge is 2.38. The summed E-state index contributed by atoms with van der Waals surface area (Å²) in [6.45, 7) is 1.42. The van der Waals surface area contributed by atoms with E-state index in [-0.39, 0.29) is 6.04 Å². The van der Waals surface area contributed by atoms with E-state index in [0.717, 1.165) is 48.3 Å². The highest BCUT2D eigenvalue weighted by Crippen LogP contribution is 2.39. The molecular weight excluding hydrogens is 343 g/mol. The zero-order valence-electron chi connectivity index (χ0n) is 14.2. The van der Waals surface area contributed by atoms with Crippen LogP contribution in [0, 0.1) is 0 Å². The largest absolute Gasteiger partial charge is 0.416 e. The second kappa shape index (κ2) is 6.28. The zero-order chi connectivity index (χ0) is 18.4. The molecule has 26 heavy (non-hydrogen) atoms. The number of nitrogens with zero attached hydrogens (tertiary/aromatic N) is 1. The Kier molecular flexibility index (Phi) is 4.20. The van der Waals surface area contributed by atoms with E-state index in [1.165, 1.54) is 0 Å². The first-order valence-electron chi connectivity index (χ1n) is 8.71. The van der Waals surface area contributed by atoms with Gasteiger partial charge in [-0.2, -0.15) is 13.2 Å². The Morgan fingerprint density at radius 1 is 1.08 bits per heavy atom. The summed E-state index contributed by atoms with van der Waals surface area (Å²) in [5.74, 6) is 0. The van der Waals surface area contributed by atoms with Gasteiger partial charge in [0.05, 0.1) is 24.8 Å². The van der Waals surface area contributed by atoms with Gasteiger partial charge in [0.15, 0.2) is 0 Å². The van der Waals surface area contributed by atoms with Crippen molar-refractivity contribution >= 4 is 5.69 Å². The van der Waals surface area contributed by atoms with Crippen molar-refractivity contribution in [1.82, 2.24) is 0 Å². The number of hydrogen-bond acceptors (Lipinski definition) is 3. The maximum absolute atomic E-state index is 12.8. The quantitative estimate of drug-likeness (QED) is 0.884. The zero-order valence-corrected chi connectivity index (χ0v) is 14.2. The molecule has 2 aromatic rings. The minimum atomic E-state index is -4.32. The number of ether oxygens (including phenoxy) is 1. The molecule has 0 aromatic heterocycles. The predicted octanol–water partition coefficient (Wildman–Crippen LogP) is 4.26. The van der Waals surface area contributed by atoms with Crippen LogP contribution < -0.4 is 4.90 Å². The normalized spacial score (nSPS) is 22.3. The standard InChI is InChI=1S/C20H20F3NO2/c21-20(22,23)15-8-6-14(7-9-15)18-5-2-10-24(18)17-4-1-3-16(11-17)19(25)12-26-13-19/h1,3-4,6-9,11,18,25H,2,5,10,12-13H2. The average Bonchev–Trinajstić information content (AvgIpc) is 3.09. The molecule has 1 N–H and O–H groups in total. The minimum absolute atomic E-state index is 0.0415. The van der Waals surface area contributed by atoms with E-state index >= 15 is 0 Å². The van der Waals surface area contributed by atoms with Crippen LogP contribution in [0.1, 0.15) is 35.6 Å². The van der Waals surface area contributed by atoms with Crippen molar-refractivity contribution < 1.29 is 23.0 Å². The summed E-state index contributed by atoms with van der Waals surface area (Å²) in [6, 6.07) is 13.2. The molecule has 1 unspecified atom stereocenters. The van der Waals surface area contributed by atoms with Gasteiger partial charge in [-0.15, -0.1) is 0 Å². The second-order valence-corrected chi connectivity index (χ2v) is 7.05. The van der Waals surface area contributed by atoms with Crippen LogP contribution in [0.15, 0.2) is 48.5 Å². The van der Waals surface area contributed by atoms with Crippen molar-refractivity contribution in [3.63, 3.8) is 0 Å². The van der Waals surface area contributed by atoms with Crippen molar-refractivity contribution in [2.75, 3.05) is 24.7 Å². The molecule has 0 bridgehead atoms. The van der Waals surface area contributed by atoms with Crippen LogP contribution in [-0.4, -0.2) is 24.9 Å². The molecule has 2 fully saturated rings. The predicted molar refractivity (Wildman–Crippen MR) is 91.9 cm³/mol. The van der Waals surface area contributed by atoms with Crippen molar-refractivity contribution in [3.05, 3.63) is 65.2 Å². The number of aliphatic hydroxyl groups is 1. The fourth-order valence-corrected chi connectivity index (χ4v) is 3.75. The summed E-state index contributed by atoms with van der Waals surface area (Å²) in [4.78, 5) is 2.20. The van der Waals surface area contributed by atoms with Gasteiger partial charge in [-0.1, -0.05) is 24.3 Å². The van der Waals surface area contributed by atoms with Crippen LogP contribution in [0.2, 0.25) is 0 Å². The third-order valence-electron chi connectivity index (χ3n) is 5.27. The number of anilines is 1. The Hall–Kier alpha value is -2.05. The molecular formula is C20H20F3NO2. The van der Waals surface area contributed by atoms with Gasteiger partial charge in [0, 0.05) is 12.2 Å². The van der Waals surface area contributed by atoms with Crippen LogP contribution in [0.4, 0.5) is 18.9 Å². The summed E-state index contributed by atoms with van der Waals surface area (Å²) >= 11 is 0. The number of benzene rings is 2. The lowest BCUT2D eigenvalue weighted by molar-refractivity contribution is -0.184. The monoisotopic (exact) mass is 363 g/mol. The van der Waals surface area contributed by atoms with Crippen LogP contribution in [-0.2, 0) is 16.5 Å². The van der Waals surface area contributed by atoms with E-state index in [4.69, 9.17) is 4.74 Å². The fourth-order valence-electron chi connectivity index (χ4n) is 3.75. The second-order valence-electron chi connectivity index (χ2n) is 7.05. The lowest BCUT2D eigenvalue weighted by Crippen LogP contribution is -2.46. The van der Waals surface area contributed by atoms with E-state index in [2.05, 4.69) is 4.90 Å². The minimum Gasteiger partial charge on any atom is -0.380 e. The molecule has 0 amide bonds. The average molecular weight is 363 g/mol. The first kappa shape index (κ1) is 17.4. The third-order valence-corrected chi connectivity index (χ3v) is 5.27. The van der Waals surface area contributed by atoms with Gasteiger partial charge in [-0.25, -0.2) is 0 Å². The highest BCUT2D eigenvalue weighted by molar-refractivity contribution is 5.53. The number of rotatable bonds is 3. The SMILES string of the molecule is OC1(c2cccc(N3CCCC3c3ccc(C(F)(F)F)cc3)c2)COC1. The van der Waals surface area contributed by atoms with Gasteiger partial charge < -0.3 is 14.7 Å². The van der Waals surface area contributed by atoms with Gasteiger partial charge in [-0.05, 0) is 48.2 Å². The molecule has 2 aliphatic heterocycles. The Labute approximate surface area is 150 Å². The molecule has 0 saturated carbocycles. The summed E-state index contributed by atoms with van der Waals surface area (Å²) in [5.41, 5.74) is 1.12. The molecule has 0 spiro atoms. The van der Waals surface area contributed by atoms with Gasteiger partial charge in [0.25, 0.3) is 0 Å². The number of halogens is 3. The first-order valence-corrected chi connectivity index (χ1v) is 8.71. The molecule has 2 aromatic carbocycles. The molecule has 3 nitrogen and oxygen atoms in total. The molecule has 0 aliphatic carbocycles. The summed E-state index contributed by atoms with van der Waals surface area (Å²) < 4.78 is 43.5. The molecule has 0 radical (unpaired) electrons. The van der Waals surface area contributed by atoms with Crippen LogP contribution >= 0.6 is 0 Å². The van der Waals surface area contributed by atoms with E-state index in [9.17, 15) is 18.3 Å². The van der Waals surface area contributed by atoms with E-state index in [1.807, 2.05) is 24.3 Å². The maximum atomic E-state index is 12.8. The Morgan fingerprint density at radius 2 is 1.81 bits per heavy atom. The summed E-state index contributed by atoms with van der Waals surface area (Å²) in [7, 11) is 0. The first-order chi connectivity index (χ1) is 12.4. The van der Waals surface area contributed by atoms with Gasteiger partial charge in [-0.3, -0.25) is 0 Å². The topological polar surface area (TPSA) is 32.7 Å². The van der Waals surface area contributed by atoms with E-state index in [0.29, 0.717) is 13.2 Å². The Bertz CT molecular complexity index is 784. The Balaban J connectivity index is 1.60. The van der Waals surface area contributed by atoms with Crippen molar-refractivity contribution in [2.24, 2.45) is 0 Å². The molecule has 4 rings (SSSR count).